The van der Waals surface area contributed by atoms with Crippen molar-refractivity contribution in [2.75, 3.05) is 26.7 Å². The zero-order valence-corrected chi connectivity index (χ0v) is 11.3. The minimum atomic E-state index is 0.168. The van der Waals surface area contributed by atoms with E-state index in [9.17, 15) is 0 Å². The van der Waals surface area contributed by atoms with Gasteiger partial charge in [0.05, 0.1) is 6.10 Å². The zero-order valence-electron chi connectivity index (χ0n) is 11.3. The van der Waals surface area contributed by atoms with Gasteiger partial charge in [0, 0.05) is 20.2 Å². The fraction of sp³-hybridized carbons (Fsp3) is 1.00. The van der Waals surface area contributed by atoms with Crippen molar-refractivity contribution in [2.24, 2.45) is 11.7 Å². The van der Waals surface area contributed by atoms with Crippen molar-refractivity contribution in [1.82, 2.24) is 5.32 Å². The molecule has 3 nitrogen and oxygen atoms in total. The third-order valence-corrected chi connectivity index (χ3v) is 2.85. The lowest BCUT2D eigenvalue weighted by molar-refractivity contribution is 0.108. The number of nitrogens with two attached hydrogens (primary N) is 1. The number of ether oxygens (including phenoxy) is 1. The number of methoxy groups -OCH3 is 1. The molecule has 98 valence electrons. The van der Waals surface area contributed by atoms with E-state index in [0.29, 0.717) is 6.54 Å². The van der Waals surface area contributed by atoms with E-state index in [-0.39, 0.29) is 6.10 Å². The number of hydrogen-bond acceptors (Lipinski definition) is 3. The molecule has 0 radical (unpaired) electrons. The Morgan fingerprint density at radius 2 is 1.81 bits per heavy atom. The maximum atomic E-state index is 5.53. The van der Waals surface area contributed by atoms with Crippen LogP contribution in [0.1, 0.15) is 46.0 Å². The second-order valence-corrected chi connectivity index (χ2v) is 4.89. The van der Waals surface area contributed by atoms with Crippen molar-refractivity contribution in [3.8, 4) is 0 Å². The standard InChI is InChI=1S/C13H30N2O/c1-12(2)8-6-4-5-7-9-15-11-13(10-14)16-3/h12-13,15H,4-11,14H2,1-3H3. The first-order valence-electron chi connectivity index (χ1n) is 6.64. The molecule has 0 aromatic carbocycles. The molecule has 0 spiro atoms. The third kappa shape index (κ3) is 10.4. The summed E-state index contributed by atoms with van der Waals surface area (Å²) in [6.07, 6.45) is 6.87. The minimum absolute atomic E-state index is 0.168. The molecule has 0 saturated carbocycles. The Bertz CT molecular complexity index is 136. The highest BCUT2D eigenvalue weighted by molar-refractivity contribution is 4.61. The molecule has 0 aliphatic heterocycles. The van der Waals surface area contributed by atoms with Gasteiger partial charge in [-0.1, -0.05) is 39.5 Å². The van der Waals surface area contributed by atoms with E-state index in [2.05, 4.69) is 19.2 Å². The molecule has 0 aliphatic carbocycles. The Morgan fingerprint density at radius 3 is 2.38 bits per heavy atom. The van der Waals surface area contributed by atoms with Crippen molar-refractivity contribution in [2.45, 2.75) is 52.1 Å². The summed E-state index contributed by atoms with van der Waals surface area (Å²) >= 11 is 0. The molecule has 16 heavy (non-hydrogen) atoms. The number of nitrogens with one attached hydrogen (secondary N) is 1. The summed E-state index contributed by atoms with van der Waals surface area (Å²) in [7, 11) is 1.71. The number of rotatable bonds is 11. The summed E-state index contributed by atoms with van der Waals surface area (Å²) in [6.45, 7) is 7.14. The predicted molar refractivity (Wildman–Crippen MR) is 70.6 cm³/mol. The average molecular weight is 230 g/mol. The van der Waals surface area contributed by atoms with Gasteiger partial charge in [0.25, 0.3) is 0 Å². The maximum absolute atomic E-state index is 5.53. The van der Waals surface area contributed by atoms with Crippen LogP contribution in [0.4, 0.5) is 0 Å². The Labute approximate surface area is 101 Å². The monoisotopic (exact) mass is 230 g/mol. The van der Waals surface area contributed by atoms with Gasteiger partial charge < -0.3 is 15.8 Å². The van der Waals surface area contributed by atoms with Crippen LogP contribution in [0, 0.1) is 5.92 Å². The predicted octanol–water partition coefficient (Wildman–Crippen LogP) is 2.16. The van der Waals surface area contributed by atoms with Crippen LogP contribution >= 0.6 is 0 Å². The molecule has 0 bridgehead atoms. The van der Waals surface area contributed by atoms with Crippen molar-refractivity contribution in [3.63, 3.8) is 0 Å². The van der Waals surface area contributed by atoms with E-state index in [4.69, 9.17) is 10.5 Å². The molecule has 0 heterocycles. The highest BCUT2D eigenvalue weighted by Crippen LogP contribution is 2.08. The van der Waals surface area contributed by atoms with Crippen LogP contribution in [0.2, 0.25) is 0 Å². The summed E-state index contributed by atoms with van der Waals surface area (Å²) in [5.74, 6) is 0.852. The largest absolute Gasteiger partial charge is 0.379 e. The summed E-state index contributed by atoms with van der Waals surface area (Å²) in [4.78, 5) is 0. The first kappa shape index (κ1) is 15.9. The SMILES string of the molecule is COC(CN)CNCCCCCCC(C)C. The lowest BCUT2D eigenvalue weighted by Crippen LogP contribution is -2.34. The van der Waals surface area contributed by atoms with Crippen molar-refractivity contribution in [3.05, 3.63) is 0 Å². The van der Waals surface area contributed by atoms with Gasteiger partial charge in [-0.05, 0) is 18.9 Å². The molecule has 0 aromatic rings. The molecular formula is C13H30N2O. The molecule has 1 atom stereocenters. The average Bonchev–Trinajstić information content (AvgIpc) is 2.27. The van der Waals surface area contributed by atoms with E-state index in [1.54, 1.807) is 7.11 Å². The Balaban J connectivity index is 3.09. The lowest BCUT2D eigenvalue weighted by atomic mass is 10.0. The van der Waals surface area contributed by atoms with E-state index in [0.717, 1.165) is 19.0 Å². The normalized spacial score (nSPS) is 13.3. The van der Waals surface area contributed by atoms with Gasteiger partial charge in [-0.3, -0.25) is 0 Å². The molecule has 0 rings (SSSR count). The molecule has 0 fully saturated rings. The van der Waals surface area contributed by atoms with E-state index in [1.807, 2.05) is 0 Å². The second kappa shape index (κ2) is 11.4. The van der Waals surface area contributed by atoms with Crippen LogP contribution in [0.3, 0.4) is 0 Å². The highest BCUT2D eigenvalue weighted by atomic mass is 16.5. The lowest BCUT2D eigenvalue weighted by Gasteiger charge is -2.13. The smallest absolute Gasteiger partial charge is 0.0817 e. The Hall–Kier alpha value is -0.120. The number of hydrogen-bond donors (Lipinski definition) is 2. The quantitative estimate of drug-likeness (QED) is 0.535. The Morgan fingerprint density at radius 1 is 1.12 bits per heavy atom. The van der Waals surface area contributed by atoms with Gasteiger partial charge in [0.1, 0.15) is 0 Å². The van der Waals surface area contributed by atoms with Crippen LogP contribution in [-0.4, -0.2) is 32.8 Å². The minimum Gasteiger partial charge on any atom is -0.379 e. The summed E-state index contributed by atoms with van der Waals surface area (Å²) < 4.78 is 5.18. The highest BCUT2D eigenvalue weighted by Gasteiger charge is 2.02. The van der Waals surface area contributed by atoms with Crippen molar-refractivity contribution in [1.29, 1.82) is 0 Å². The van der Waals surface area contributed by atoms with E-state index >= 15 is 0 Å². The third-order valence-electron chi connectivity index (χ3n) is 2.85. The summed E-state index contributed by atoms with van der Waals surface area (Å²) in [6, 6.07) is 0. The molecule has 0 aliphatic rings. The van der Waals surface area contributed by atoms with E-state index < -0.39 is 0 Å². The Kier molecular flexibility index (Phi) is 11.3. The number of unbranched alkanes of at least 4 members (excludes halogenated alkanes) is 3. The summed E-state index contributed by atoms with van der Waals surface area (Å²) in [5, 5.41) is 3.38. The molecule has 0 aromatic heterocycles. The topological polar surface area (TPSA) is 47.3 Å². The molecular weight excluding hydrogens is 200 g/mol. The van der Waals surface area contributed by atoms with Gasteiger partial charge in [0.15, 0.2) is 0 Å². The van der Waals surface area contributed by atoms with Gasteiger partial charge >= 0.3 is 0 Å². The van der Waals surface area contributed by atoms with Crippen molar-refractivity contribution < 1.29 is 4.74 Å². The second-order valence-electron chi connectivity index (χ2n) is 4.89. The zero-order chi connectivity index (χ0) is 12.2. The molecule has 0 amide bonds. The molecule has 1 unspecified atom stereocenters. The summed E-state index contributed by atoms with van der Waals surface area (Å²) in [5.41, 5.74) is 5.53. The van der Waals surface area contributed by atoms with Gasteiger partial charge in [-0.25, -0.2) is 0 Å². The fourth-order valence-electron chi connectivity index (χ4n) is 1.68. The van der Waals surface area contributed by atoms with Gasteiger partial charge in [-0.2, -0.15) is 0 Å². The van der Waals surface area contributed by atoms with Crippen LogP contribution < -0.4 is 11.1 Å². The molecule has 3 heteroatoms. The molecule has 0 saturated heterocycles. The van der Waals surface area contributed by atoms with Crippen LogP contribution in [0.15, 0.2) is 0 Å². The van der Waals surface area contributed by atoms with Crippen LogP contribution in [0.25, 0.3) is 0 Å². The van der Waals surface area contributed by atoms with Crippen LogP contribution in [0.5, 0.6) is 0 Å². The molecule has 3 N–H and O–H groups in total. The first-order valence-corrected chi connectivity index (χ1v) is 6.64. The van der Waals surface area contributed by atoms with Crippen molar-refractivity contribution >= 4 is 0 Å². The first-order chi connectivity index (χ1) is 7.70. The fourth-order valence-corrected chi connectivity index (χ4v) is 1.68. The van der Waals surface area contributed by atoms with Gasteiger partial charge in [0.2, 0.25) is 0 Å². The van der Waals surface area contributed by atoms with Crippen LogP contribution in [-0.2, 0) is 4.74 Å². The van der Waals surface area contributed by atoms with E-state index in [1.165, 1.54) is 32.1 Å². The van der Waals surface area contributed by atoms with Gasteiger partial charge in [-0.15, -0.1) is 0 Å². The maximum Gasteiger partial charge on any atom is 0.0817 e.